The lowest BCUT2D eigenvalue weighted by molar-refractivity contribution is -0.161. The monoisotopic (exact) mass is 582 g/mol. The van der Waals surface area contributed by atoms with Crippen molar-refractivity contribution in [1.29, 1.82) is 0 Å². The van der Waals surface area contributed by atoms with E-state index in [4.69, 9.17) is 19.3 Å². The molecule has 0 aromatic heterocycles. The summed E-state index contributed by atoms with van der Waals surface area (Å²) in [7, 11) is -4.75. The molecule has 0 aromatic carbocycles. The van der Waals surface area contributed by atoms with Crippen molar-refractivity contribution in [1.82, 2.24) is 0 Å². The number of unbranched alkanes of at least 4 members (excludes halogenated alkanes) is 7. The number of hydrogen-bond acceptors (Lipinski definition) is 6. The van der Waals surface area contributed by atoms with Crippen LogP contribution in [0.25, 0.3) is 0 Å². The lowest BCUT2D eigenvalue weighted by Crippen LogP contribution is -2.29. The van der Waals surface area contributed by atoms with Gasteiger partial charge in [0.1, 0.15) is 6.61 Å². The number of carbonyl (C=O) groups excluding carboxylic acids is 2. The zero-order valence-corrected chi connectivity index (χ0v) is 25.4. The van der Waals surface area contributed by atoms with Crippen LogP contribution in [0.1, 0.15) is 104 Å². The van der Waals surface area contributed by atoms with Crippen molar-refractivity contribution in [3.8, 4) is 0 Å². The van der Waals surface area contributed by atoms with E-state index in [1.165, 1.54) is 0 Å². The summed E-state index contributed by atoms with van der Waals surface area (Å²) < 4.78 is 26.0. The van der Waals surface area contributed by atoms with E-state index < -0.39 is 32.5 Å². The first-order chi connectivity index (χ1) is 19.3. The van der Waals surface area contributed by atoms with Gasteiger partial charge in [0.05, 0.1) is 6.61 Å². The van der Waals surface area contributed by atoms with E-state index >= 15 is 0 Å². The summed E-state index contributed by atoms with van der Waals surface area (Å²) in [4.78, 5) is 42.3. The van der Waals surface area contributed by atoms with Gasteiger partial charge in [-0.15, -0.1) is 0 Å². The summed E-state index contributed by atoms with van der Waals surface area (Å²) in [5, 5.41) is 0. The Balaban J connectivity index is 4.18. The molecule has 0 radical (unpaired) electrons. The van der Waals surface area contributed by atoms with E-state index in [9.17, 15) is 14.2 Å². The fourth-order valence-corrected chi connectivity index (χ4v) is 3.83. The third-order valence-corrected chi connectivity index (χ3v) is 6.08. The van der Waals surface area contributed by atoms with Gasteiger partial charge in [-0.05, 0) is 57.8 Å². The molecule has 0 rings (SSSR count). The lowest BCUT2D eigenvalue weighted by Gasteiger charge is -2.18. The van der Waals surface area contributed by atoms with Gasteiger partial charge >= 0.3 is 19.8 Å². The fourth-order valence-electron chi connectivity index (χ4n) is 3.47. The average Bonchev–Trinajstić information content (AvgIpc) is 2.91. The largest absolute Gasteiger partial charge is 0.469 e. The minimum atomic E-state index is -4.75. The molecule has 0 aliphatic heterocycles. The van der Waals surface area contributed by atoms with Crippen LogP contribution in [0.15, 0.2) is 60.8 Å². The normalized spacial score (nSPS) is 13.4. The van der Waals surface area contributed by atoms with Crippen LogP contribution in [-0.4, -0.2) is 41.0 Å². The van der Waals surface area contributed by atoms with Crippen molar-refractivity contribution in [2.24, 2.45) is 0 Å². The van der Waals surface area contributed by atoms with Gasteiger partial charge < -0.3 is 19.3 Å². The van der Waals surface area contributed by atoms with Crippen molar-refractivity contribution < 1.29 is 37.9 Å². The molecule has 0 amide bonds. The summed E-state index contributed by atoms with van der Waals surface area (Å²) in [6.07, 6.45) is 31.1. The topological polar surface area (TPSA) is 119 Å². The molecule has 228 valence electrons. The predicted octanol–water partition coefficient (Wildman–Crippen LogP) is 7.83. The molecule has 0 heterocycles. The van der Waals surface area contributed by atoms with Crippen molar-refractivity contribution in [3.05, 3.63) is 60.8 Å². The molecule has 0 spiro atoms. The van der Waals surface area contributed by atoms with E-state index in [-0.39, 0.29) is 19.4 Å². The third kappa shape index (κ3) is 28.8. The number of rotatable bonds is 25. The van der Waals surface area contributed by atoms with Crippen LogP contribution in [0.3, 0.4) is 0 Å². The molecule has 0 aliphatic rings. The fraction of sp³-hybridized carbons (Fsp3) is 0.613. The molecule has 2 N–H and O–H groups in total. The highest BCUT2D eigenvalue weighted by Crippen LogP contribution is 2.35. The Hall–Kier alpha value is -2.25. The van der Waals surface area contributed by atoms with Gasteiger partial charge in [-0.2, -0.15) is 0 Å². The van der Waals surface area contributed by atoms with E-state index in [1.807, 2.05) is 24.3 Å². The van der Waals surface area contributed by atoms with Crippen LogP contribution in [0.5, 0.6) is 0 Å². The lowest BCUT2D eigenvalue weighted by atomic mass is 10.1. The van der Waals surface area contributed by atoms with Gasteiger partial charge in [-0.1, -0.05) is 93.9 Å². The standard InChI is InChI=1S/C31H51O8P/c1-3-5-7-9-11-13-14-15-16-18-20-22-24-26-31(33)39-29(28-38-40(34,35)36)27-37-30(32)25-23-21-19-17-12-10-8-6-4-2/h5-9,11-14,17,29H,3-4,10,15-16,18-28H2,1-2H3,(H2,34,35,36)/b7-5+,8-6+,11-9+,14-13+,17-12+. The van der Waals surface area contributed by atoms with E-state index in [0.717, 1.165) is 64.2 Å². The third-order valence-electron chi connectivity index (χ3n) is 5.59. The molecular weight excluding hydrogens is 531 g/mol. The molecule has 0 bridgehead atoms. The molecule has 9 heteroatoms. The first kappa shape index (κ1) is 37.8. The van der Waals surface area contributed by atoms with Crippen LogP contribution in [0, 0.1) is 0 Å². The van der Waals surface area contributed by atoms with Crippen molar-refractivity contribution in [2.75, 3.05) is 13.2 Å². The summed E-state index contributed by atoms with van der Waals surface area (Å²) >= 11 is 0. The maximum Gasteiger partial charge on any atom is 0.469 e. The van der Waals surface area contributed by atoms with Crippen LogP contribution in [0.4, 0.5) is 0 Å². The maximum absolute atomic E-state index is 12.2. The highest BCUT2D eigenvalue weighted by molar-refractivity contribution is 7.46. The summed E-state index contributed by atoms with van der Waals surface area (Å²) in [5.74, 6) is -0.964. The number of hydrogen-bond donors (Lipinski definition) is 2. The van der Waals surface area contributed by atoms with Crippen LogP contribution < -0.4 is 0 Å². The van der Waals surface area contributed by atoms with Crippen molar-refractivity contribution in [3.63, 3.8) is 0 Å². The Bertz CT molecular complexity index is 838. The van der Waals surface area contributed by atoms with Gasteiger partial charge in [0, 0.05) is 12.8 Å². The van der Waals surface area contributed by atoms with Gasteiger partial charge in [0.15, 0.2) is 6.10 Å². The minimum Gasteiger partial charge on any atom is -0.462 e. The Morgan fingerprint density at radius 2 is 1.25 bits per heavy atom. The number of phosphoric ester groups is 1. The molecular formula is C31H51O8P. The van der Waals surface area contributed by atoms with Crippen LogP contribution in [0.2, 0.25) is 0 Å². The molecule has 0 aromatic rings. The van der Waals surface area contributed by atoms with Crippen molar-refractivity contribution >= 4 is 19.8 Å². The van der Waals surface area contributed by atoms with Gasteiger partial charge in [-0.3, -0.25) is 14.1 Å². The molecule has 0 fully saturated rings. The average molecular weight is 583 g/mol. The Kier molecular flexibility index (Phi) is 25.4. The van der Waals surface area contributed by atoms with E-state index in [1.54, 1.807) is 0 Å². The summed E-state index contributed by atoms with van der Waals surface area (Å²) in [5.41, 5.74) is 0. The van der Waals surface area contributed by atoms with E-state index in [2.05, 4.69) is 54.8 Å². The zero-order chi connectivity index (χ0) is 29.7. The van der Waals surface area contributed by atoms with Gasteiger partial charge in [0.25, 0.3) is 0 Å². The Labute approximate surface area is 241 Å². The molecule has 8 nitrogen and oxygen atoms in total. The number of phosphoric acid groups is 1. The first-order valence-corrected chi connectivity index (χ1v) is 16.1. The highest BCUT2D eigenvalue weighted by Gasteiger charge is 2.22. The molecule has 0 saturated carbocycles. The number of allylic oxidation sites excluding steroid dienone is 10. The Morgan fingerprint density at radius 3 is 1.98 bits per heavy atom. The molecule has 1 atom stereocenters. The van der Waals surface area contributed by atoms with E-state index in [0.29, 0.717) is 12.8 Å². The predicted molar refractivity (Wildman–Crippen MR) is 161 cm³/mol. The van der Waals surface area contributed by atoms with Gasteiger partial charge in [-0.25, -0.2) is 4.57 Å². The molecule has 1 unspecified atom stereocenters. The number of ether oxygens (including phenoxy) is 2. The quantitative estimate of drug-likeness (QED) is 0.0367. The summed E-state index contributed by atoms with van der Waals surface area (Å²) in [6, 6.07) is 0. The van der Waals surface area contributed by atoms with Crippen LogP contribution in [-0.2, 0) is 28.2 Å². The van der Waals surface area contributed by atoms with Crippen molar-refractivity contribution in [2.45, 2.75) is 110 Å². The molecule has 0 saturated heterocycles. The number of esters is 2. The first-order valence-electron chi connectivity index (χ1n) is 14.6. The second-order valence-corrected chi connectivity index (χ2v) is 10.6. The molecule has 0 aliphatic carbocycles. The Morgan fingerprint density at radius 1 is 0.675 bits per heavy atom. The smallest absolute Gasteiger partial charge is 0.462 e. The maximum atomic E-state index is 12.2. The molecule has 40 heavy (non-hydrogen) atoms. The SMILES string of the molecule is CC/C=C/C=C/C=C/CCCCCCCC(=O)OC(COC(=O)CCCC/C=C/C/C=C/CC)COP(=O)(O)O. The number of carbonyl (C=O) groups is 2. The highest BCUT2D eigenvalue weighted by atomic mass is 31.2. The second kappa shape index (κ2) is 26.9. The minimum absolute atomic E-state index is 0.179. The van der Waals surface area contributed by atoms with Gasteiger partial charge in [0.2, 0.25) is 0 Å². The zero-order valence-electron chi connectivity index (χ0n) is 24.5. The second-order valence-electron chi connectivity index (χ2n) is 9.37. The van der Waals surface area contributed by atoms with Crippen LogP contribution >= 0.6 is 7.82 Å². The summed E-state index contributed by atoms with van der Waals surface area (Å²) in [6.45, 7) is 3.32.